The lowest BCUT2D eigenvalue weighted by molar-refractivity contribution is -0.149. The molecule has 0 spiro atoms. The molecule has 3 heterocycles. The molecule has 1 saturated heterocycles. The van der Waals surface area contributed by atoms with Gasteiger partial charge in [0.25, 0.3) is 23.6 Å². The van der Waals surface area contributed by atoms with Crippen LogP contribution in [0.15, 0.2) is 24.3 Å². The number of hydrogen-bond acceptors (Lipinski definition) is 9. The maximum absolute atomic E-state index is 10.8. The Morgan fingerprint density at radius 2 is 1.45 bits per heavy atom. The van der Waals surface area contributed by atoms with Crippen molar-refractivity contribution in [1.29, 1.82) is 0 Å². The van der Waals surface area contributed by atoms with Crippen molar-refractivity contribution >= 4 is 42.2 Å². The second-order valence-corrected chi connectivity index (χ2v) is 6.52. The molecule has 0 unspecified atom stereocenters. The SMILES string of the molecule is CCC1(COC)COC1.CN1C(=O)C=CC1=O.COC(=O)CN1C(=O)C=CC1=O.CS. The Morgan fingerprint density at radius 3 is 1.68 bits per heavy atom. The van der Waals surface area contributed by atoms with Crippen molar-refractivity contribution in [1.82, 2.24) is 9.80 Å². The Hall–Kier alpha value is -2.50. The predicted molar refractivity (Wildman–Crippen MR) is 115 cm³/mol. The first kappa shape index (κ1) is 28.5. The summed E-state index contributed by atoms with van der Waals surface area (Å²) in [5.41, 5.74) is 0.370. The molecule has 174 valence electrons. The van der Waals surface area contributed by atoms with E-state index in [4.69, 9.17) is 9.47 Å². The summed E-state index contributed by atoms with van der Waals surface area (Å²) in [6.07, 6.45) is 7.60. The summed E-state index contributed by atoms with van der Waals surface area (Å²) in [6.45, 7) is 4.49. The van der Waals surface area contributed by atoms with Gasteiger partial charge in [-0.3, -0.25) is 33.8 Å². The molecule has 31 heavy (non-hydrogen) atoms. The highest BCUT2D eigenvalue weighted by molar-refractivity contribution is 7.79. The number of esters is 1. The number of thiol groups is 1. The van der Waals surface area contributed by atoms with Gasteiger partial charge in [0, 0.05) is 43.9 Å². The minimum absolute atomic E-state index is 0.241. The Morgan fingerprint density at radius 1 is 1.00 bits per heavy atom. The van der Waals surface area contributed by atoms with Crippen LogP contribution in [0.1, 0.15) is 13.3 Å². The number of rotatable bonds is 5. The van der Waals surface area contributed by atoms with E-state index in [0.717, 1.165) is 41.8 Å². The number of carbonyl (C=O) groups excluding carboxylic acids is 5. The third-order valence-corrected chi connectivity index (χ3v) is 4.46. The molecule has 3 rings (SSSR count). The van der Waals surface area contributed by atoms with Crippen molar-refractivity contribution in [2.24, 2.45) is 5.41 Å². The summed E-state index contributed by atoms with van der Waals surface area (Å²) in [6, 6.07) is 0. The van der Waals surface area contributed by atoms with Crippen LogP contribution in [0.2, 0.25) is 0 Å². The van der Waals surface area contributed by atoms with Gasteiger partial charge < -0.3 is 14.2 Å². The topological polar surface area (TPSA) is 120 Å². The second kappa shape index (κ2) is 14.5. The average molecular weight is 459 g/mol. The minimum atomic E-state index is -0.611. The molecule has 3 aliphatic heterocycles. The summed E-state index contributed by atoms with van der Waals surface area (Å²) in [4.78, 5) is 55.0. The first-order valence-electron chi connectivity index (χ1n) is 9.31. The largest absolute Gasteiger partial charge is 0.468 e. The van der Waals surface area contributed by atoms with E-state index >= 15 is 0 Å². The fourth-order valence-electron chi connectivity index (χ4n) is 2.34. The number of methoxy groups -OCH3 is 2. The molecule has 3 aliphatic rings. The number of imide groups is 2. The van der Waals surface area contributed by atoms with Crippen LogP contribution in [0.4, 0.5) is 0 Å². The van der Waals surface area contributed by atoms with Gasteiger partial charge in [0.05, 0.1) is 26.9 Å². The summed E-state index contributed by atoms with van der Waals surface area (Å²) in [7, 11) is 4.39. The molecule has 10 nitrogen and oxygen atoms in total. The van der Waals surface area contributed by atoms with Crippen LogP contribution in [0, 0.1) is 5.41 Å². The number of nitrogens with zero attached hydrogens (tertiary/aromatic N) is 2. The molecule has 4 amide bonds. The number of ether oxygens (including phenoxy) is 3. The molecule has 0 radical (unpaired) electrons. The zero-order valence-corrected chi connectivity index (χ0v) is 19.3. The van der Waals surface area contributed by atoms with E-state index in [1.807, 2.05) is 0 Å². The Balaban J connectivity index is 0.000000427. The van der Waals surface area contributed by atoms with Crippen LogP contribution in [-0.2, 0) is 38.2 Å². The molecule has 11 heteroatoms. The maximum Gasteiger partial charge on any atom is 0.325 e. The molecule has 0 saturated carbocycles. The fraction of sp³-hybridized carbons (Fsp3) is 0.550. The second-order valence-electron chi connectivity index (χ2n) is 6.52. The summed E-state index contributed by atoms with van der Waals surface area (Å²) < 4.78 is 14.5. The first-order valence-corrected chi connectivity index (χ1v) is 10.2. The van der Waals surface area contributed by atoms with Gasteiger partial charge >= 0.3 is 5.97 Å². The van der Waals surface area contributed by atoms with Gasteiger partial charge in [0.1, 0.15) is 6.54 Å². The standard InChI is InChI=1S/C7H7NO4.C7H14O2.C5H5NO2.CH4S/c1-12-7(11)4-8-5(9)2-3-6(8)10;1-3-7(4-8-2)5-9-6-7;1-6-4(7)2-3-5(6)8;1-2/h2-3H,4H2,1H3;3-6H2,1-2H3;2-3H,1H3;2H,1H3. The fourth-order valence-corrected chi connectivity index (χ4v) is 2.34. The molecule has 0 bridgehead atoms. The predicted octanol–water partition coefficient (Wildman–Crippen LogP) is 0.231. The van der Waals surface area contributed by atoms with Crippen molar-refractivity contribution in [3.8, 4) is 0 Å². The van der Waals surface area contributed by atoms with Gasteiger partial charge in [-0.05, 0) is 12.7 Å². The van der Waals surface area contributed by atoms with Crippen LogP contribution in [0.25, 0.3) is 0 Å². The van der Waals surface area contributed by atoms with Gasteiger partial charge in [-0.2, -0.15) is 12.6 Å². The molecule has 0 aromatic heterocycles. The van der Waals surface area contributed by atoms with E-state index in [0.29, 0.717) is 5.41 Å². The van der Waals surface area contributed by atoms with Crippen molar-refractivity contribution in [2.45, 2.75) is 13.3 Å². The lowest BCUT2D eigenvalue weighted by atomic mass is 9.84. The van der Waals surface area contributed by atoms with E-state index in [-0.39, 0.29) is 18.4 Å². The molecular formula is C20H30N2O8S. The number of amides is 4. The van der Waals surface area contributed by atoms with Gasteiger partial charge in [-0.15, -0.1) is 0 Å². The molecule has 1 fully saturated rings. The third-order valence-electron chi connectivity index (χ3n) is 4.46. The zero-order valence-electron chi connectivity index (χ0n) is 18.5. The van der Waals surface area contributed by atoms with Gasteiger partial charge in [-0.25, -0.2) is 0 Å². The third kappa shape index (κ3) is 9.03. The van der Waals surface area contributed by atoms with Gasteiger partial charge in [-0.1, -0.05) is 6.92 Å². The van der Waals surface area contributed by atoms with E-state index in [1.165, 1.54) is 32.7 Å². The van der Waals surface area contributed by atoms with Crippen LogP contribution in [0.3, 0.4) is 0 Å². The number of hydrogen-bond donors (Lipinski definition) is 1. The van der Waals surface area contributed by atoms with E-state index in [9.17, 15) is 24.0 Å². The monoisotopic (exact) mass is 458 g/mol. The summed E-state index contributed by atoms with van der Waals surface area (Å²) >= 11 is 3.53. The minimum Gasteiger partial charge on any atom is -0.468 e. The van der Waals surface area contributed by atoms with Crippen LogP contribution < -0.4 is 0 Å². The van der Waals surface area contributed by atoms with Crippen molar-refractivity contribution < 1.29 is 38.2 Å². The maximum atomic E-state index is 10.8. The average Bonchev–Trinajstić information content (AvgIpc) is 3.23. The highest BCUT2D eigenvalue weighted by atomic mass is 32.1. The number of likely N-dealkylation sites (N-methyl/N-ethyl adjacent to an activating group) is 1. The molecule has 0 aromatic rings. The lowest BCUT2D eigenvalue weighted by Gasteiger charge is -2.39. The molecule has 0 aromatic carbocycles. The normalized spacial score (nSPS) is 17.7. The zero-order chi connectivity index (χ0) is 24.0. The first-order chi connectivity index (χ1) is 14.7. The Kier molecular flexibility index (Phi) is 13.3. The summed E-state index contributed by atoms with van der Waals surface area (Å²) in [5.74, 6) is -2.05. The van der Waals surface area contributed by atoms with E-state index in [1.54, 1.807) is 13.4 Å². The van der Waals surface area contributed by atoms with Crippen molar-refractivity contribution in [3.05, 3.63) is 24.3 Å². The molecule has 0 atom stereocenters. The highest BCUT2D eigenvalue weighted by Crippen LogP contribution is 2.30. The van der Waals surface area contributed by atoms with E-state index < -0.39 is 17.8 Å². The van der Waals surface area contributed by atoms with E-state index in [2.05, 4.69) is 24.3 Å². The van der Waals surface area contributed by atoms with Crippen LogP contribution in [-0.4, -0.2) is 93.3 Å². The Bertz CT molecular complexity index is 674. The van der Waals surface area contributed by atoms with Crippen LogP contribution >= 0.6 is 12.6 Å². The molecule has 0 aliphatic carbocycles. The smallest absolute Gasteiger partial charge is 0.325 e. The lowest BCUT2D eigenvalue weighted by Crippen LogP contribution is -2.45. The van der Waals surface area contributed by atoms with Gasteiger partial charge in [0.15, 0.2) is 0 Å². The molecule has 0 N–H and O–H groups in total. The summed E-state index contributed by atoms with van der Waals surface area (Å²) in [5, 5.41) is 0. The van der Waals surface area contributed by atoms with Crippen molar-refractivity contribution in [2.75, 3.05) is 53.9 Å². The van der Waals surface area contributed by atoms with Gasteiger partial charge in [0.2, 0.25) is 0 Å². The molecular weight excluding hydrogens is 428 g/mol. The van der Waals surface area contributed by atoms with Crippen molar-refractivity contribution in [3.63, 3.8) is 0 Å². The quantitative estimate of drug-likeness (QED) is 0.353. The highest BCUT2D eigenvalue weighted by Gasteiger charge is 2.36. The van der Waals surface area contributed by atoms with Crippen LogP contribution in [0.5, 0.6) is 0 Å². The number of carbonyl (C=O) groups is 5. The Labute approximate surface area is 187 Å².